The smallest absolute Gasteiger partial charge is 0.251 e. The molecule has 3 heteroatoms. The molecule has 1 heterocycles. The van der Waals surface area contributed by atoms with Crippen LogP contribution >= 0.6 is 0 Å². The largest absolute Gasteiger partial charge is 0.384 e. The average Bonchev–Trinajstić information content (AvgIpc) is 3.09. The maximum atomic E-state index is 12.3. The van der Waals surface area contributed by atoms with Gasteiger partial charge in [-0.05, 0) is 55.9 Å². The minimum atomic E-state index is 0.0779. The molecule has 1 saturated carbocycles. The van der Waals surface area contributed by atoms with Crippen LogP contribution in [-0.2, 0) is 6.42 Å². The minimum absolute atomic E-state index is 0.0779. The molecule has 1 amide bonds. The quantitative estimate of drug-likeness (QED) is 0.875. The van der Waals surface area contributed by atoms with Crippen molar-refractivity contribution in [3.05, 3.63) is 29.3 Å². The van der Waals surface area contributed by atoms with Crippen molar-refractivity contribution >= 4 is 11.6 Å². The number of nitrogens with one attached hydrogen (secondary N) is 2. The van der Waals surface area contributed by atoms with Crippen molar-refractivity contribution in [3.8, 4) is 0 Å². The SMILES string of the molecule is C[C@H](NC(=O)c1ccc2c(c1)CCN2)C1CCCC1. The van der Waals surface area contributed by atoms with Crippen LogP contribution < -0.4 is 10.6 Å². The Bertz CT molecular complexity index is 478. The molecule has 0 aromatic heterocycles. The van der Waals surface area contributed by atoms with Gasteiger partial charge in [0.2, 0.25) is 0 Å². The van der Waals surface area contributed by atoms with Crippen molar-refractivity contribution in [2.24, 2.45) is 5.92 Å². The van der Waals surface area contributed by atoms with Gasteiger partial charge >= 0.3 is 0 Å². The molecule has 2 N–H and O–H groups in total. The first kappa shape index (κ1) is 12.5. The Kier molecular flexibility index (Phi) is 3.45. The highest BCUT2D eigenvalue weighted by Gasteiger charge is 2.23. The van der Waals surface area contributed by atoms with E-state index in [9.17, 15) is 4.79 Å². The Morgan fingerprint density at radius 1 is 1.37 bits per heavy atom. The summed E-state index contributed by atoms with van der Waals surface area (Å²) in [5.41, 5.74) is 3.24. The lowest BCUT2D eigenvalue weighted by molar-refractivity contribution is 0.0927. The van der Waals surface area contributed by atoms with Crippen molar-refractivity contribution in [1.82, 2.24) is 5.32 Å². The van der Waals surface area contributed by atoms with Gasteiger partial charge in [0.1, 0.15) is 0 Å². The Morgan fingerprint density at radius 3 is 2.95 bits per heavy atom. The van der Waals surface area contributed by atoms with E-state index in [2.05, 4.69) is 17.6 Å². The molecule has 1 atom stereocenters. The number of fused-ring (bicyclic) bond motifs is 1. The highest BCUT2D eigenvalue weighted by Crippen LogP contribution is 2.28. The van der Waals surface area contributed by atoms with E-state index in [1.807, 2.05) is 18.2 Å². The maximum absolute atomic E-state index is 12.3. The first-order chi connectivity index (χ1) is 9.24. The van der Waals surface area contributed by atoms with Gasteiger partial charge in [-0.25, -0.2) is 0 Å². The van der Waals surface area contributed by atoms with E-state index in [0.717, 1.165) is 18.5 Å². The van der Waals surface area contributed by atoms with Crippen molar-refractivity contribution in [1.29, 1.82) is 0 Å². The van der Waals surface area contributed by atoms with Gasteiger partial charge in [0.05, 0.1) is 0 Å². The number of hydrogen-bond donors (Lipinski definition) is 2. The van der Waals surface area contributed by atoms with Gasteiger partial charge in [0.15, 0.2) is 0 Å². The first-order valence-electron chi connectivity index (χ1n) is 7.42. The fourth-order valence-electron chi connectivity index (χ4n) is 3.31. The molecule has 3 rings (SSSR count). The fourth-order valence-corrected chi connectivity index (χ4v) is 3.31. The highest BCUT2D eigenvalue weighted by atomic mass is 16.1. The summed E-state index contributed by atoms with van der Waals surface area (Å²) in [6, 6.07) is 6.28. The van der Waals surface area contributed by atoms with Gasteiger partial charge in [-0.15, -0.1) is 0 Å². The van der Waals surface area contributed by atoms with E-state index >= 15 is 0 Å². The van der Waals surface area contributed by atoms with Crippen LogP contribution in [0.2, 0.25) is 0 Å². The van der Waals surface area contributed by atoms with Crippen molar-refractivity contribution < 1.29 is 4.79 Å². The molecule has 0 radical (unpaired) electrons. The number of anilines is 1. The van der Waals surface area contributed by atoms with E-state index < -0.39 is 0 Å². The van der Waals surface area contributed by atoms with Crippen LogP contribution in [0.4, 0.5) is 5.69 Å². The lowest BCUT2D eigenvalue weighted by Gasteiger charge is -2.20. The van der Waals surface area contributed by atoms with Gasteiger partial charge in [0.25, 0.3) is 5.91 Å². The highest BCUT2D eigenvalue weighted by molar-refractivity contribution is 5.95. The number of amides is 1. The summed E-state index contributed by atoms with van der Waals surface area (Å²) in [4.78, 5) is 12.3. The van der Waals surface area contributed by atoms with Crippen LogP contribution in [0, 0.1) is 5.92 Å². The van der Waals surface area contributed by atoms with Crippen LogP contribution in [-0.4, -0.2) is 18.5 Å². The summed E-state index contributed by atoms with van der Waals surface area (Å²) in [5, 5.41) is 6.49. The van der Waals surface area contributed by atoms with Crippen LogP contribution in [0.3, 0.4) is 0 Å². The fraction of sp³-hybridized carbons (Fsp3) is 0.562. The Balaban J connectivity index is 1.66. The van der Waals surface area contributed by atoms with Gasteiger partial charge in [-0.1, -0.05) is 12.8 Å². The summed E-state index contributed by atoms with van der Waals surface area (Å²) in [5.74, 6) is 0.745. The molecular formula is C16H22N2O. The van der Waals surface area contributed by atoms with Crippen LogP contribution in [0.25, 0.3) is 0 Å². The van der Waals surface area contributed by atoms with Crippen LogP contribution in [0.1, 0.15) is 48.5 Å². The molecule has 0 saturated heterocycles. The zero-order valence-corrected chi connectivity index (χ0v) is 11.5. The molecule has 102 valence electrons. The molecule has 3 nitrogen and oxygen atoms in total. The van der Waals surface area contributed by atoms with Crippen molar-refractivity contribution in [2.45, 2.75) is 45.1 Å². The lowest BCUT2D eigenvalue weighted by atomic mass is 9.99. The zero-order valence-electron chi connectivity index (χ0n) is 11.5. The number of carbonyl (C=O) groups is 1. The summed E-state index contributed by atoms with van der Waals surface area (Å²) >= 11 is 0. The standard InChI is InChI=1S/C16H22N2O/c1-11(12-4-2-3-5-12)18-16(19)14-6-7-15-13(10-14)8-9-17-15/h6-7,10-12,17H,2-5,8-9H2,1H3,(H,18,19)/t11-/m0/s1. The monoisotopic (exact) mass is 258 g/mol. The molecule has 0 bridgehead atoms. The molecule has 0 unspecified atom stereocenters. The molecule has 1 fully saturated rings. The van der Waals surface area contributed by atoms with Gasteiger partial charge < -0.3 is 10.6 Å². The third-order valence-electron chi connectivity index (χ3n) is 4.54. The van der Waals surface area contributed by atoms with Crippen LogP contribution in [0.15, 0.2) is 18.2 Å². The third kappa shape index (κ3) is 2.60. The first-order valence-corrected chi connectivity index (χ1v) is 7.42. The zero-order chi connectivity index (χ0) is 13.2. The molecule has 0 spiro atoms. The predicted molar refractivity (Wildman–Crippen MR) is 77.5 cm³/mol. The Hall–Kier alpha value is -1.51. The predicted octanol–water partition coefficient (Wildman–Crippen LogP) is 2.96. The number of rotatable bonds is 3. The molecule has 1 aliphatic heterocycles. The second kappa shape index (κ2) is 5.24. The van der Waals surface area contributed by atoms with Crippen molar-refractivity contribution in [2.75, 3.05) is 11.9 Å². The topological polar surface area (TPSA) is 41.1 Å². The Morgan fingerprint density at radius 2 is 2.16 bits per heavy atom. The second-order valence-electron chi connectivity index (χ2n) is 5.86. The number of benzene rings is 1. The summed E-state index contributed by atoms with van der Waals surface area (Å²) < 4.78 is 0. The third-order valence-corrected chi connectivity index (χ3v) is 4.54. The molecule has 1 aromatic rings. The minimum Gasteiger partial charge on any atom is -0.384 e. The normalized spacial score (nSPS) is 19.8. The maximum Gasteiger partial charge on any atom is 0.251 e. The second-order valence-corrected chi connectivity index (χ2v) is 5.86. The molecule has 2 aliphatic rings. The molecule has 1 aliphatic carbocycles. The van der Waals surface area contributed by atoms with E-state index in [1.54, 1.807) is 0 Å². The number of carbonyl (C=O) groups excluding carboxylic acids is 1. The Labute approximate surface area is 114 Å². The van der Waals surface area contributed by atoms with Crippen LogP contribution in [0.5, 0.6) is 0 Å². The number of hydrogen-bond acceptors (Lipinski definition) is 2. The van der Waals surface area contributed by atoms with E-state index in [-0.39, 0.29) is 5.91 Å². The lowest BCUT2D eigenvalue weighted by Crippen LogP contribution is -2.37. The van der Waals surface area contributed by atoms with Crippen molar-refractivity contribution in [3.63, 3.8) is 0 Å². The molecule has 19 heavy (non-hydrogen) atoms. The van der Waals surface area contributed by atoms with Gasteiger partial charge in [-0.3, -0.25) is 4.79 Å². The van der Waals surface area contributed by atoms with Gasteiger partial charge in [-0.2, -0.15) is 0 Å². The van der Waals surface area contributed by atoms with E-state index in [4.69, 9.17) is 0 Å². The molecular weight excluding hydrogens is 236 g/mol. The van der Waals surface area contributed by atoms with E-state index in [0.29, 0.717) is 12.0 Å². The molecule has 1 aromatic carbocycles. The average molecular weight is 258 g/mol. The summed E-state index contributed by atoms with van der Waals surface area (Å²) in [6.07, 6.45) is 6.17. The summed E-state index contributed by atoms with van der Waals surface area (Å²) in [6.45, 7) is 3.13. The van der Waals surface area contributed by atoms with E-state index in [1.165, 1.54) is 36.9 Å². The summed E-state index contributed by atoms with van der Waals surface area (Å²) in [7, 11) is 0. The van der Waals surface area contributed by atoms with Gasteiger partial charge in [0, 0.05) is 23.8 Å².